The fourth-order valence-electron chi connectivity index (χ4n) is 3.12. The molecule has 1 saturated heterocycles. The van der Waals surface area contributed by atoms with Crippen molar-refractivity contribution < 1.29 is 9.59 Å². The zero-order valence-corrected chi connectivity index (χ0v) is 14.9. The molecule has 0 spiro atoms. The minimum Gasteiger partial charge on any atom is -0.343 e. The van der Waals surface area contributed by atoms with E-state index in [1.807, 2.05) is 4.90 Å². The number of aromatic nitrogens is 1. The molecule has 0 aliphatic carbocycles. The monoisotopic (exact) mass is 332 g/mol. The average Bonchev–Trinajstić information content (AvgIpc) is 2.80. The van der Waals surface area contributed by atoms with Crippen LogP contribution in [0.5, 0.6) is 0 Å². The number of carbonyl (C=O) groups excluding carboxylic acids is 2. The number of likely N-dealkylation sites (tertiary alicyclic amines) is 1. The van der Waals surface area contributed by atoms with E-state index in [2.05, 4.69) is 17.2 Å². The first-order valence-electron chi connectivity index (χ1n) is 8.75. The topological polar surface area (TPSA) is 65.5 Å². The number of anilines is 1. The fourth-order valence-corrected chi connectivity index (χ4v) is 3.12. The van der Waals surface area contributed by atoms with E-state index in [1.165, 1.54) is 24.2 Å². The predicted molar refractivity (Wildman–Crippen MR) is 95.1 cm³/mol. The van der Waals surface area contributed by atoms with Crippen molar-refractivity contribution in [2.75, 3.05) is 32.5 Å². The number of hydrogen-bond donors (Lipinski definition) is 1. The van der Waals surface area contributed by atoms with E-state index in [0.29, 0.717) is 11.4 Å². The molecule has 1 N–H and O–H groups in total. The number of rotatable bonds is 4. The predicted octanol–water partition coefficient (Wildman–Crippen LogP) is 3.22. The minimum absolute atomic E-state index is 0.0957. The highest BCUT2D eigenvalue weighted by Gasteiger charge is 2.20. The van der Waals surface area contributed by atoms with Crippen molar-refractivity contribution in [1.29, 1.82) is 0 Å². The van der Waals surface area contributed by atoms with Gasteiger partial charge in [-0.25, -0.2) is 4.79 Å². The number of carbonyl (C=O) groups is 2. The van der Waals surface area contributed by atoms with Crippen molar-refractivity contribution in [1.82, 2.24) is 14.8 Å². The molecule has 3 amide bonds. The van der Waals surface area contributed by atoms with E-state index in [4.69, 9.17) is 0 Å². The van der Waals surface area contributed by atoms with Crippen LogP contribution in [0.25, 0.3) is 0 Å². The summed E-state index contributed by atoms with van der Waals surface area (Å²) in [6, 6.07) is 3.24. The number of pyridine rings is 1. The second-order valence-corrected chi connectivity index (χ2v) is 6.63. The SMILES string of the molecule is CCC[C@H]1CCCN(C(=O)Nc2ccnc(C(=O)N(C)C)c2)CC1. The Bertz CT molecular complexity index is 574. The van der Waals surface area contributed by atoms with Gasteiger partial charge in [0.05, 0.1) is 0 Å². The van der Waals surface area contributed by atoms with Crippen LogP contribution in [0.1, 0.15) is 49.5 Å². The molecule has 0 aromatic carbocycles. The van der Waals surface area contributed by atoms with Gasteiger partial charge in [-0.05, 0) is 37.3 Å². The maximum absolute atomic E-state index is 12.5. The van der Waals surface area contributed by atoms with Crippen molar-refractivity contribution in [2.45, 2.75) is 39.0 Å². The molecule has 2 heterocycles. The van der Waals surface area contributed by atoms with E-state index in [9.17, 15) is 9.59 Å². The maximum atomic E-state index is 12.5. The van der Waals surface area contributed by atoms with Crippen LogP contribution in [0.15, 0.2) is 18.3 Å². The van der Waals surface area contributed by atoms with Gasteiger partial charge in [0.25, 0.3) is 5.91 Å². The van der Waals surface area contributed by atoms with E-state index in [-0.39, 0.29) is 11.9 Å². The molecule has 24 heavy (non-hydrogen) atoms. The molecule has 1 aromatic heterocycles. The Kier molecular flexibility index (Phi) is 6.58. The Labute approximate surface area is 144 Å². The van der Waals surface area contributed by atoms with Gasteiger partial charge in [-0.2, -0.15) is 0 Å². The summed E-state index contributed by atoms with van der Waals surface area (Å²) in [5, 5.41) is 2.90. The van der Waals surface area contributed by atoms with Crippen molar-refractivity contribution in [2.24, 2.45) is 5.92 Å². The lowest BCUT2D eigenvalue weighted by Crippen LogP contribution is -2.35. The Morgan fingerprint density at radius 1 is 1.33 bits per heavy atom. The van der Waals surface area contributed by atoms with Gasteiger partial charge in [0.2, 0.25) is 0 Å². The Hall–Kier alpha value is -2.11. The summed E-state index contributed by atoms with van der Waals surface area (Å²) in [6.07, 6.45) is 7.33. The maximum Gasteiger partial charge on any atom is 0.321 e. The summed E-state index contributed by atoms with van der Waals surface area (Å²) in [5.41, 5.74) is 0.936. The number of nitrogens with zero attached hydrogens (tertiary/aromatic N) is 3. The molecule has 6 nitrogen and oxygen atoms in total. The number of amides is 3. The van der Waals surface area contributed by atoms with E-state index >= 15 is 0 Å². The van der Waals surface area contributed by atoms with Crippen molar-refractivity contribution in [3.8, 4) is 0 Å². The standard InChI is InChI=1S/C18H28N4O2/c1-4-6-14-7-5-11-22(12-9-14)18(24)20-15-8-10-19-16(13-15)17(23)21(2)3/h8,10,13-14H,4-7,9,11-12H2,1-3H3,(H,19,20,24)/t14-/m0/s1. The largest absolute Gasteiger partial charge is 0.343 e. The third-order valence-corrected chi connectivity index (χ3v) is 4.47. The first-order chi connectivity index (χ1) is 11.5. The molecule has 0 bridgehead atoms. The summed E-state index contributed by atoms with van der Waals surface area (Å²) < 4.78 is 0. The number of hydrogen-bond acceptors (Lipinski definition) is 3. The molecule has 1 atom stereocenters. The molecule has 132 valence electrons. The first kappa shape index (κ1) is 18.2. The first-order valence-corrected chi connectivity index (χ1v) is 8.75. The van der Waals surface area contributed by atoms with Crippen LogP contribution < -0.4 is 5.32 Å². The van der Waals surface area contributed by atoms with Gasteiger partial charge >= 0.3 is 6.03 Å². The van der Waals surface area contributed by atoms with Crippen molar-refractivity contribution in [3.05, 3.63) is 24.0 Å². The smallest absolute Gasteiger partial charge is 0.321 e. The third kappa shape index (κ3) is 4.94. The Morgan fingerprint density at radius 2 is 2.12 bits per heavy atom. The Balaban J connectivity index is 1.97. The highest BCUT2D eigenvalue weighted by Crippen LogP contribution is 2.22. The highest BCUT2D eigenvalue weighted by atomic mass is 16.2. The molecule has 1 fully saturated rings. The minimum atomic E-state index is -0.178. The lowest BCUT2D eigenvalue weighted by molar-refractivity contribution is 0.0822. The third-order valence-electron chi connectivity index (χ3n) is 4.47. The van der Waals surface area contributed by atoms with Crippen LogP contribution in [0, 0.1) is 5.92 Å². The molecule has 0 unspecified atom stereocenters. The van der Waals surface area contributed by atoms with Gasteiger partial charge in [-0.1, -0.05) is 19.8 Å². The molecule has 2 rings (SSSR count). The van der Waals surface area contributed by atoms with Crippen molar-refractivity contribution >= 4 is 17.6 Å². The molecular formula is C18H28N4O2. The molecule has 1 aliphatic rings. The van der Waals surface area contributed by atoms with E-state index in [0.717, 1.165) is 31.8 Å². The quantitative estimate of drug-likeness (QED) is 0.920. The van der Waals surface area contributed by atoms with Gasteiger partial charge in [0.1, 0.15) is 5.69 Å². The molecule has 6 heteroatoms. The lowest BCUT2D eigenvalue weighted by atomic mass is 9.96. The summed E-state index contributed by atoms with van der Waals surface area (Å²) in [7, 11) is 3.36. The molecule has 0 saturated carbocycles. The molecule has 1 aromatic rings. The lowest BCUT2D eigenvalue weighted by Gasteiger charge is -2.21. The fraction of sp³-hybridized carbons (Fsp3) is 0.611. The van der Waals surface area contributed by atoms with E-state index < -0.39 is 0 Å². The normalized spacial score (nSPS) is 18.0. The van der Waals surface area contributed by atoms with Crippen LogP contribution in [-0.4, -0.2) is 53.9 Å². The van der Waals surface area contributed by atoms with Crippen LogP contribution in [0.3, 0.4) is 0 Å². The average molecular weight is 332 g/mol. The second kappa shape index (κ2) is 8.66. The van der Waals surface area contributed by atoms with Gasteiger partial charge in [0, 0.05) is 39.1 Å². The molecular weight excluding hydrogens is 304 g/mol. The zero-order valence-electron chi connectivity index (χ0n) is 14.9. The van der Waals surface area contributed by atoms with Crippen LogP contribution in [0.2, 0.25) is 0 Å². The summed E-state index contributed by atoms with van der Waals surface area (Å²) in [6.45, 7) is 3.80. The van der Waals surface area contributed by atoms with Gasteiger partial charge in [-0.3, -0.25) is 9.78 Å². The second-order valence-electron chi connectivity index (χ2n) is 6.63. The molecule has 0 radical (unpaired) electrons. The highest BCUT2D eigenvalue weighted by molar-refractivity contribution is 5.95. The van der Waals surface area contributed by atoms with Crippen molar-refractivity contribution in [3.63, 3.8) is 0 Å². The molecule has 1 aliphatic heterocycles. The van der Waals surface area contributed by atoms with E-state index in [1.54, 1.807) is 32.4 Å². The zero-order chi connectivity index (χ0) is 17.5. The Morgan fingerprint density at radius 3 is 2.83 bits per heavy atom. The van der Waals surface area contributed by atoms with Gasteiger partial charge in [-0.15, -0.1) is 0 Å². The number of urea groups is 1. The van der Waals surface area contributed by atoms with Gasteiger partial charge in [0.15, 0.2) is 0 Å². The van der Waals surface area contributed by atoms with Crippen LogP contribution in [-0.2, 0) is 0 Å². The summed E-state index contributed by atoms with van der Waals surface area (Å²) >= 11 is 0. The number of nitrogens with one attached hydrogen (secondary N) is 1. The van der Waals surface area contributed by atoms with Crippen LogP contribution >= 0.6 is 0 Å². The van der Waals surface area contributed by atoms with Gasteiger partial charge < -0.3 is 15.1 Å². The van der Waals surface area contributed by atoms with Crippen LogP contribution in [0.4, 0.5) is 10.5 Å². The summed E-state index contributed by atoms with van der Waals surface area (Å²) in [5.74, 6) is 0.557. The summed E-state index contributed by atoms with van der Waals surface area (Å²) in [4.78, 5) is 31.9.